The van der Waals surface area contributed by atoms with E-state index < -0.39 is 5.54 Å². The van der Waals surface area contributed by atoms with Gasteiger partial charge in [-0.3, -0.25) is 9.78 Å². The molecule has 0 atom stereocenters. The lowest BCUT2D eigenvalue weighted by molar-refractivity contribution is -0.125. The maximum Gasteiger partial charge on any atom is 0.237 e. The van der Waals surface area contributed by atoms with E-state index in [1.165, 1.54) is 6.21 Å². The largest absolute Gasteiger partial charge is 0.393 e. The third kappa shape index (κ3) is 4.17. The number of carbonyl (C=O) groups is 1. The van der Waals surface area contributed by atoms with Crippen LogP contribution in [0, 0.1) is 5.41 Å². The van der Waals surface area contributed by atoms with E-state index in [1.54, 1.807) is 26.5 Å². The SMILES string of the molecule is CN/C=C(\C=N)c1ccc(-c2cncc(Cl)c2N2CCC(NC)(C(N)=O)CC2)cc1. The number of rotatable bonds is 7. The molecule has 5 N–H and O–H groups in total. The van der Waals surface area contributed by atoms with Gasteiger partial charge in [0.1, 0.15) is 5.54 Å². The van der Waals surface area contributed by atoms with Crippen LogP contribution in [0.1, 0.15) is 18.4 Å². The van der Waals surface area contributed by atoms with Gasteiger partial charge in [0, 0.05) is 56.1 Å². The van der Waals surface area contributed by atoms with Crippen LogP contribution in [0.25, 0.3) is 16.7 Å². The van der Waals surface area contributed by atoms with Crippen molar-refractivity contribution >= 4 is 35.0 Å². The Hall–Kier alpha value is -2.90. The standard InChI is InChI=1S/C22H27ClN6O/c1-26-12-17(11-24)15-3-5-16(6-4-15)18-13-28-14-19(23)20(18)29-9-7-22(27-2,8-10-29)21(25)30/h3-6,11-14,24,26-27H,7-10H2,1-2H3,(H2,25,30)/b17-12+,24-11?. The van der Waals surface area contributed by atoms with Crippen molar-refractivity contribution in [3.63, 3.8) is 0 Å². The van der Waals surface area contributed by atoms with Crippen molar-refractivity contribution in [3.05, 3.63) is 53.4 Å². The molecule has 1 fully saturated rings. The Morgan fingerprint density at radius 2 is 1.90 bits per heavy atom. The van der Waals surface area contributed by atoms with Crippen LogP contribution in [0.3, 0.4) is 0 Å². The van der Waals surface area contributed by atoms with Gasteiger partial charge in [-0.2, -0.15) is 0 Å². The van der Waals surface area contributed by atoms with E-state index in [9.17, 15) is 4.79 Å². The van der Waals surface area contributed by atoms with E-state index in [-0.39, 0.29) is 5.91 Å². The summed E-state index contributed by atoms with van der Waals surface area (Å²) in [6, 6.07) is 7.96. The van der Waals surface area contributed by atoms with Gasteiger partial charge in [-0.1, -0.05) is 35.9 Å². The Labute approximate surface area is 181 Å². The number of nitrogens with zero attached hydrogens (tertiary/aromatic N) is 2. The van der Waals surface area contributed by atoms with Crippen LogP contribution in [-0.4, -0.2) is 49.8 Å². The van der Waals surface area contributed by atoms with Crippen molar-refractivity contribution in [1.82, 2.24) is 15.6 Å². The zero-order valence-corrected chi connectivity index (χ0v) is 18.0. The van der Waals surface area contributed by atoms with Crippen LogP contribution < -0.4 is 21.3 Å². The highest BCUT2D eigenvalue weighted by Gasteiger charge is 2.39. The number of anilines is 1. The first-order valence-electron chi connectivity index (χ1n) is 9.81. The number of hydrogen-bond donors (Lipinski definition) is 4. The van der Waals surface area contributed by atoms with E-state index in [2.05, 4.69) is 20.5 Å². The topological polar surface area (TPSA) is 107 Å². The number of primary amides is 1. The predicted molar refractivity (Wildman–Crippen MR) is 123 cm³/mol. The highest BCUT2D eigenvalue weighted by Crippen LogP contribution is 2.38. The number of piperidine rings is 1. The van der Waals surface area contributed by atoms with Gasteiger partial charge in [0.2, 0.25) is 5.91 Å². The fraction of sp³-hybridized carbons (Fsp3) is 0.318. The number of hydrogen-bond acceptors (Lipinski definition) is 6. The minimum absolute atomic E-state index is 0.321. The van der Waals surface area contributed by atoms with Crippen molar-refractivity contribution in [2.45, 2.75) is 18.4 Å². The molecule has 2 aromatic rings. The molecule has 1 aliphatic rings. The zero-order chi connectivity index (χ0) is 21.7. The van der Waals surface area contributed by atoms with Crippen molar-refractivity contribution in [3.8, 4) is 11.1 Å². The van der Waals surface area contributed by atoms with E-state index in [4.69, 9.17) is 22.7 Å². The summed E-state index contributed by atoms with van der Waals surface area (Å²) in [5.74, 6) is -0.321. The first-order valence-corrected chi connectivity index (χ1v) is 10.2. The Morgan fingerprint density at radius 3 is 2.43 bits per heavy atom. The number of benzene rings is 1. The number of nitrogens with two attached hydrogens (primary N) is 1. The van der Waals surface area contributed by atoms with Gasteiger partial charge in [-0.25, -0.2) is 0 Å². The highest BCUT2D eigenvalue weighted by molar-refractivity contribution is 6.33. The molecule has 1 aromatic carbocycles. The predicted octanol–water partition coefficient (Wildman–Crippen LogP) is 2.66. The van der Waals surface area contributed by atoms with Gasteiger partial charge in [0.05, 0.1) is 10.7 Å². The number of allylic oxidation sites excluding steroid dienone is 1. The Balaban J connectivity index is 1.92. The van der Waals surface area contributed by atoms with Crippen molar-refractivity contribution in [1.29, 1.82) is 5.41 Å². The van der Waals surface area contributed by atoms with E-state index >= 15 is 0 Å². The fourth-order valence-corrected chi connectivity index (χ4v) is 4.18. The molecule has 158 valence electrons. The lowest BCUT2D eigenvalue weighted by atomic mass is 9.86. The second-order valence-electron chi connectivity index (χ2n) is 7.31. The maximum atomic E-state index is 11.9. The van der Waals surface area contributed by atoms with Crippen molar-refractivity contribution in [2.24, 2.45) is 5.73 Å². The average molecular weight is 427 g/mol. The molecule has 30 heavy (non-hydrogen) atoms. The van der Waals surface area contributed by atoms with Crippen molar-refractivity contribution in [2.75, 3.05) is 32.1 Å². The first kappa shape index (κ1) is 21.8. The molecule has 1 saturated heterocycles. The maximum absolute atomic E-state index is 11.9. The van der Waals surface area contributed by atoms with Gasteiger partial charge in [0.25, 0.3) is 0 Å². The number of amides is 1. The van der Waals surface area contributed by atoms with Gasteiger partial charge >= 0.3 is 0 Å². The molecule has 7 nitrogen and oxygen atoms in total. The summed E-state index contributed by atoms with van der Waals surface area (Å²) >= 11 is 6.57. The summed E-state index contributed by atoms with van der Waals surface area (Å²) < 4.78 is 0. The number of pyridine rings is 1. The minimum Gasteiger partial charge on any atom is -0.393 e. The summed E-state index contributed by atoms with van der Waals surface area (Å²) in [6.45, 7) is 1.31. The monoisotopic (exact) mass is 426 g/mol. The molecule has 1 aliphatic heterocycles. The second-order valence-corrected chi connectivity index (χ2v) is 7.72. The van der Waals surface area contributed by atoms with E-state index in [1.807, 2.05) is 30.5 Å². The molecule has 0 spiro atoms. The molecule has 0 radical (unpaired) electrons. The molecule has 0 unspecified atom stereocenters. The minimum atomic E-state index is -0.680. The Bertz CT molecular complexity index is 949. The Kier molecular flexibility index (Phi) is 6.74. The lowest BCUT2D eigenvalue weighted by Crippen LogP contribution is -2.59. The highest BCUT2D eigenvalue weighted by atomic mass is 35.5. The molecule has 1 aromatic heterocycles. The number of carbonyl (C=O) groups excluding carboxylic acids is 1. The zero-order valence-electron chi connectivity index (χ0n) is 17.2. The molecule has 0 bridgehead atoms. The quantitative estimate of drug-likeness (QED) is 0.509. The molecular weight excluding hydrogens is 400 g/mol. The van der Waals surface area contributed by atoms with Crippen LogP contribution in [0.5, 0.6) is 0 Å². The molecular formula is C22H27ClN6O. The smallest absolute Gasteiger partial charge is 0.237 e. The summed E-state index contributed by atoms with van der Waals surface area (Å²) in [5, 5.41) is 14.2. The summed E-state index contributed by atoms with van der Waals surface area (Å²) in [5.41, 5.74) is 9.51. The third-order valence-corrected chi connectivity index (χ3v) is 6.02. The van der Waals surface area contributed by atoms with Crippen LogP contribution >= 0.6 is 11.6 Å². The molecule has 8 heteroatoms. The molecule has 3 rings (SSSR count). The number of nitrogens with one attached hydrogen (secondary N) is 3. The van der Waals surface area contributed by atoms with E-state index in [0.717, 1.165) is 28.0 Å². The molecule has 0 aliphatic carbocycles. The van der Waals surface area contributed by atoms with Crippen LogP contribution in [0.15, 0.2) is 42.9 Å². The lowest BCUT2D eigenvalue weighted by Gasteiger charge is -2.41. The van der Waals surface area contributed by atoms with Crippen LogP contribution in [0.2, 0.25) is 5.02 Å². The van der Waals surface area contributed by atoms with E-state index in [0.29, 0.717) is 31.0 Å². The van der Waals surface area contributed by atoms with Gasteiger partial charge in [0.15, 0.2) is 0 Å². The Morgan fingerprint density at radius 1 is 1.23 bits per heavy atom. The summed E-state index contributed by atoms with van der Waals surface area (Å²) in [4.78, 5) is 18.4. The third-order valence-electron chi connectivity index (χ3n) is 5.74. The average Bonchev–Trinajstić information content (AvgIpc) is 2.77. The summed E-state index contributed by atoms with van der Waals surface area (Å²) in [6.07, 6.45) is 7.77. The molecule has 2 heterocycles. The second kappa shape index (κ2) is 9.28. The van der Waals surface area contributed by atoms with Gasteiger partial charge in [-0.05, 0) is 31.0 Å². The number of likely N-dealkylation sites (N-methyl/N-ethyl adjacent to an activating group) is 1. The van der Waals surface area contributed by atoms with Gasteiger partial charge < -0.3 is 26.7 Å². The van der Waals surface area contributed by atoms with Crippen LogP contribution in [-0.2, 0) is 4.79 Å². The normalized spacial score (nSPS) is 16.2. The molecule has 0 saturated carbocycles. The van der Waals surface area contributed by atoms with Crippen LogP contribution in [0.4, 0.5) is 5.69 Å². The number of aromatic nitrogens is 1. The fourth-order valence-electron chi connectivity index (χ4n) is 3.90. The van der Waals surface area contributed by atoms with Crippen molar-refractivity contribution < 1.29 is 4.79 Å². The number of halogens is 1. The summed E-state index contributed by atoms with van der Waals surface area (Å²) in [7, 11) is 3.58. The van der Waals surface area contributed by atoms with Gasteiger partial charge in [-0.15, -0.1) is 0 Å². The molecule has 1 amide bonds. The first-order chi connectivity index (χ1) is 14.5.